The Hall–Kier alpha value is -0.730. The topological polar surface area (TPSA) is 41.1 Å². The van der Waals surface area contributed by atoms with Crippen molar-refractivity contribution in [1.29, 1.82) is 0 Å². The normalized spacial score (nSPS) is 24.7. The second-order valence-electron chi connectivity index (χ2n) is 4.36. The van der Waals surface area contributed by atoms with Crippen molar-refractivity contribution in [2.24, 2.45) is 0 Å². The lowest BCUT2D eigenvalue weighted by atomic mass is 9.93. The van der Waals surface area contributed by atoms with E-state index in [1.807, 2.05) is 0 Å². The SMILES string of the molecule is CCC1(NC(=O)NC2CCC2)CC1. The van der Waals surface area contributed by atoms with Crippen LogP contribution in [0.25, 0.3) is 0 Å². The number of amides is 2. The molecule has 0 aromatic carbocycles. The highest BCUT2D eigenvalue weighted by molar-refractivity contribution is 5.75. The van der Waals surface area contributed by atoms with Crippen LogP contribution in [0.5, 0.6) is 0 Å². The van der Waals surface area contributed by atoms with Gasteiger partial charge in [0.2, 0.25) is 0 Å². The summed E-state index contributed by atoms with van der Waals surface area (Å²) in [6, 6.07) is 0.497. The van der Waals surface area contributed by atoms with Gasteiger partial charge in [-0.2, -0.15) is 0 Å². The van der Waals surface area contributed by atoms with Crippen LogP contribution < -0.4 is 10.6 Å². The maximum Gasteiger partial charge on any atom is 0.315 e. The van der Waals surface area contributed by atoms with Crippen LogP contribution in [0.3, 0.4) is 0 Å². The Bertz CT molecular complexity index is 207. The summed E-state index contributed by atoms with van der Waals surface area (Å²) in [5.74, 6) is 0. The van der Waals surface area contributed by atoms with E-state index < -0.39 is 0 Å². The number of nitrogens with one attached hydrogen (secondary N) is 2. The van der Waals surface area contributed by atoms with Crippen LogP contribution in [0, 0.1) is 0 Å². The molecule has 3 heteroatoms. The van der Waals surface area contributed by atoms with Crippen LogP contribution in [0.15, 0.2) is 0 Å². The van der Waals surface area contributed by atoms with Crippen LogP contribution in [0.1, 0.15) is 45.4 Å². The predicted molar refractivity (Wildman–Crippen MR) is 51.6 cm³/mol. The minimum atomic E-state index is 0.0454. The van der Waals surface area contributed by atoms with Crippen LogP contribution >= 0.6 is 0 Å². The first-order chi connectivity index (χ1) is 6.24. The maximum absolute atomic E-state index is 11.4. The van der Waals surface area contributed by atoms with Crippen molar-refractivity contribution in [2.45, 2.75) is 57.0 Å². The third-order valence-corrected chi connectivity index (χ3v) is 3.35. The Balaban J connectivity index is 1.71. The van der Waals surface area contributed by atoms with E-state index in [-0.39, 0.29) is 11.6 Å². The van der Waals surface area contributed by atoms with Gasteiger partial charge in [0.1, 0.15) is 0 Å². The zero-order valence-electron chi connectivity index (χ0n) is 8.23. The molecule has 2 fully saturated rings. The highest BCUT2D eigenvalue weighted by Gasteiger charge is 2.42. The number of hydrogen-bond donors (Lipinski definition) is 2. The monoisotopic (exact) mass is 182 g/mol. The standard InChI is InChI=1S/C10H18N2O/c1-2-10(6-7-10)12-9(13)11-8-4-3-5-8/h8H,2-7H2,1H3,(H2,11,12,13). The molecule has 13 heavy (non-hydrogen) atoms. The van der Waals surface area contributed by atoms with Crippen LogP contribution in [-0.2, 0) is 0 Å². The number of carbonyl (C=O) groups excluding carboxylic acids is 1. The molecule has 0 bridgehead atoms. The van der Waals surface area contributed by atoms with Gasteiger partial charge in [-0.3, -0.25) is 0 Å². The van der Waals surface area contributed by atoms with Crippen molar-refractivity contribution < 1.29 is 4.79 Å². The largest absolute Gasteiger partial charge is 0.335 e. The van der Waals surface area contributed by atoms with E-state index in [9.17, 15) is 4.79 Å². The lowest BCUT2D eigenvalue weighted by molar-refractivity contribution is 0.223. The molecule has 0 saturated heterocycles. The molecule has 0 spiro atoms. The molecule has 0 unspecified atom stereocenters. The molecule has 2 aliphatic carbocycles. The quantitative estimate of drug-likeness (QED) is 0.686. The van der Waals surface area contributed by atoms with E-state index in [1.165, 1.54) is 6.42 Å². The van der Waals surface area contributed by atoms with Gasteiger partial charge in [0.05, 0.1) is 0 Å². The minimum absolute atomic E-state index is 0.0454. The molecule has 0 radical (unpaired) electrons. The number of urea groups is 1. The smallest absolute Gasteiger partial charge is 0.315 e. The average Bonchev–Trinajstić information content (AvgIpc) is 2.78. The van der Waals surface area contributed by atoms with Crippen molar-refractivity contribution in [3.8, 4) is 0 Å². The molecule has 0 heterocycles. The van der Waals surface area contributed by atoms with Gasteiger partial charge in [-0.05, 0) is 38.5 Å². The van der Waals surface area contributed by atoms with Crippen LogP contribution in [-0.4, -0.2) is 17.6 Å². The number of hydrogen-bond acceptors (Lipinski definition) is 1. The van der Waals surface area contributed by atoms with E-state index in [4.69, 9.17) is 0 Å². The Morgan fingerprint density at radius 1 is 1.46 bits per heavy atom. The molecule has 74 valence electrons. The molecular weight excluding hydrogens is 164 g/mol. The summed E-state index contributed by atoms with van der Waals surface area (Å²) in [6.07, 6.45) is 6.96. The molecule has 2 amide bonds. The van der Waals surface area contributed by atoms with Crippen molar-refractivity contribution in [2.75, 3.05) is 0 Å². The minimum Gasteiger partial charge on any atom is -0.335 e. The summed E-state index contributed by atoms with van der Waals surface area (Å²) in [7, 11) is 0. The van der Waals surface area contributed by atoms with E-state index in [1.54, 1.807) is 0 Å². The van der Waals surface area contributed by atoms with Gasteiger partial charge >= 0.3 is 6.03 Å². The summed E-state index contributed by atoms with van der Waals surface area (Å²) in [5.41, 5.74) is 0.161. The first-order valence-corrected chi connectivity index (χ1v) is 5.33. The maximum atomic E-state index is 11.4. The third-order valence-electron chi connectivity index (χ3n) is 3.35. The highest BCUT2D eigenvalue weighted by atomic mass is 16.2. The molecular formula is C10H18N2O. The molecule has 2 rings (SSSR count). The lowest BCUT2D eigenvalue weighted by Gasteiger charge is -2.27. The number of carbonyl (C=O) groups is 1. The first kappa shape index (κ1) is 8.85. The Labute approximate surface area is 79.3 Å². The molecule has 0 aromatic heterocycles. The van der Waals surface area contributed by atoms with Crippen molar-refractivity contribution >= 4 is 6.03 Å². The Kier molecular flexibility index (Phi) is 2.18. The van der Waals surface area contributed by atoms with Crippen LogP contribution in [0.2, 0.25) is 0 Å². The molecule has 2 N–H and O–H groups in total. The van der Waals surface area contributed by atoms with Gasteiger partial charge in [-0.15, -0.1) is 0 Å². The van der Waals surface area contributed by atoms with Crippen molar-refractivity contribution in [1.82, 2.24) is 10.6 Å². The van der Waals surface area contributed by atoms with E-state index in [0.29, 0.717) is 6.04 Å². The highest BCUT2D eigenvalue weighted by Crippen LogP contribution is 2.38. The second-order valence-corrected chi connectivity index (χ2v) is 4.36. The second kappa shape index (κ2) is 3.20. The van der Waals surface area contributed by atoms with Crippen molar-refractivity contribution in [3.63, 3.8) is 0 Å². The van der Waals surface area contributed by atoms with Gasteiger partial charge in [-0.1, -0.05) is 6.92 Å². The molecule has 3 nitrogen and oxygen atoms in total. The molecule has 2 saturated carbocycles. The van der Waals surface area contributed by atoms with E-state index in [2.05, 4.69) is 17.6 Å². The van der Waals surface area contributed by atoms with E-state index >= 15 is 0 Å². The molecule has 0 aliphatic heterocycles. The molecule has 2 aliphatic rings. The fourth-order valence-corrected chi connectivity index (χ4v) is 1.73. The van der Waals surface area contributed by atoms with Gasteiger partial charge in [-0.25, -0.2) is 4.79 Å². The molecule has 0 aromatic rings. The molecule has 0 atom stereocenters. The third kappa shape index (κ3) is 1.95. The predicted octanol–water partition coefficient (Wildman–Crippen LogP) is 1.78. The summed E-state index contributed by atoms with van der Waals surface area (Å²) in [6.45, 7) is 2.14. The fourth-order valence-electron chi connectivity index (χ4n) is 1.73. The zero-order valence-corrected chi connectivity index (χ0v) is 8.23. The van der Waals surface area contributed by atoms with Crippen LogP contribution in [0.4, 0.5) is 4.79 Å². The van der Waals surface area contributed by atoms with E-state index in [0.717, 1.165) is 32.1 Å². The first-order valence-electron chi connectivity index (χ1n) is 5.33. The summed E-state index contributed by atoms with van der Waals surface area (Å²) in [5, 5.41) is 6.06. The summed E-state index contributed by atoms with van der Waals surface area (Å²) < 4.78 is 0. The van der Waals surface area contributed by atoms with Gasteiger partial charge in [0.25, 0.3) is 0 Å². The van der Waals surface area contributed by atoms with Gasteiger partial charge in [0, 0.05) is 11.6 Å². The Morgan fingerprint density at radius 3 is 2.54 bits per heavy atom. The van der Waals surface area contributed by atoms with Gasteiger partial charge < -0.3 is 10.6 Å². The summed E-state index contributed by atoms with van der Waals surface area (Å²) in [4.78, 5) is 11.4. The summed E-state index contributed by atoms with van der Waals surface area (Å²) >= 11 is 0. The zero-order chi connectivity index (χ0) is 9.31. The fraction of sp³-hybridized carbons (Fsp3) is 0.900. The average molecular weight is 182 g/mol. The number of rotatable bonds is 3. The Morgan fingerprint density at radius 2 is 2.15 bits per heavy atom. The lowest BCUT2D eigenvalue weighted by Crippen LogP contribution is -2.49. The van der Waals surface area contributed by atoms with Gasteiger partial charge in [0.15, 0.2) is 0 Å². The van der Waals surface area contributed by atoms with Crippen molar-refractivity contribution in [3.05, 3.63) is 0 Å².